The molecule has 2 aromatic heterocycles. The Labute approximate surface area is 129 Å². The third-order valence-corrected chi connectivity index (χ3v) is 4.11. The highest BCUT2D eigenvalue weighted by Crippen LogP contribution is 2.31. The van der Waals surface area contributed by atoms with Gasteiger partial charge in [0, 0.05) is 22.8 Å². The summed E-state index contributed by atoms with van der Waals surface area (Å²) in [6.07, 6.45) is 2.94. The average Bonchev–Trinajstić information content (AvgIpc) is 2.86. The fraction of sp³-hybridized carbons (Fsp3) is 0.333. The van der Waals surface area contributed by atoms with Crippen molar-refractivity contribution in [2.24, 2.45) is 0 Å². The van der Waals surface area contributed by atoms with E-state index in [0.717, 1.165) is 53.3 Å². The van der Waals surface area contributed by atoms with Gasteiger partial charge in [0.25, 0.3) is 0 Å². The number of nitrogens with zero attached hydrogens (tertiary/aromatic N) is 2. The molecule has 0 spiro atoms. The number of fused-ring (bicyclic) bond motifs is 3. The fourth-order valence-corrected chi connectivity index (χ4v) is 3.06. The van der Waals surface area contributed by atoms with Crippen molar-refractivity contribution in [1.82, 2.24) is 9.55 Å². The van der Waals surface area contributed by atoms with Crippen LogP contribution in [-0.4, -0.2) is 20.6 Å². The average molecular weight is 296 g/mol. The summed E-state index contributed by atoms with van der Waals surface area (Å²) >= 11 is 0. The zero-order chi connectivity index (χ0) is 15.7. The first kappa shape index (κ1) is 14.6. The Bertz CT molecular complexity index is 849. The van der Waals surface area contributed by atoms with Crippen LogP contribution >= 0.6 is 0 Å². The second-order valence-electron chi connectivity index (χ2n) is 5.53. The van der Waals surface area contributed by atoms with Crippen molar-refractivity contribution in [2.75, 3.05) is 0 Å². The molecule has 0 fully saturated rings. The van der Waals surface area contributed by atoms with Crippen LogP contribution < -0.4 is 0 Å². The molecule has 0 saturated carbocycles. The van der Waals surface area contributed by atoms with Crippen molar-refractivity contribution in [3.8, 4) is 0 Å². The minimum absolute atomic E-state index is 0.128. The summed E-state index contributed by atoms with van der Waals surface area (Å²) in [5.41, 5.74) is 3.23. The van der Waals surface area contributed by atoms with Crippen LogP contribution in [-0.2, 0) is 13.0 Å². The number of pyridine rings is 1. The molecular weight excluding hydrogens is 276 g/mol. The molecule has 4 nitrogen and oxygen atoms in total. The lowest BCUT2D eigenvalue weighted by Gasteiger charge is -2.09. The predicted octanol–water partition coefficient (Wildman–Crippen LogP) is 4.25. The fourth-order valence-electron chi connectivity index (χ4n) is 3.06. The molecule has 0 aliphatic rings. The Kier molecular flexibility index (Phi) is 3.84. The normalized spacial score (nSPS) is 11.4. The summed E-state index contributed by atoms with van der Waals surface area (Å²) in [6.45, 7) is 5.13. The molecule has 3 rings (SSSR count). The van der Waals surface area contributed by atoms with E-state index in [2.05, 4.69) is 28.6 Å². The highest BCUT2D eigenvalue weighted by molar-refractivity contribution is 6.10. The first-order chi connectivity index (χ1) is 10.7. The summed E-state index contributed by atoms with van der Waals surface area (Å²) in [5, 5.41) is 11.4. The third-order valence-electron chi connectivity index (χ3n) is 4.11. The zero-order valence-electron chi connectivity index (χ0n) is 13.0. The molecule has 1 aromatic carbocycles. The molecule has 0 aliphatic heterocycles. The van der Waals surface area contributed by atoms with Gasteiger partial charge in [0.1, 0.15) is 5.69 Å². The second kappa shape index (κ2) is 5.79. The van der Waals surface area contributed by atoms with E-state index in [1.807, 2.05) is 19.1 Å². The van der Waals surface area contributed by atoms with E-state index in [0.29, 0.717) is 0 Å². The molecule has 3 aromatic rings. The first-order valence-corrected chi connectivity index (χ1v) is 7.81. The monoisotopic (exact) mass is 296 g/mol. The van der Waals surface area contributed by atoms with Crippen molar-refractivity contribution >= 4 is 27.8 Å². The van der Waals surface area contributed by atoms with Gasteiger partial charge in [-0.25, -0.2) is 9.78 Å². The Balaban J connectivity index is 2.41. The molecule has 0 atom stereocenters. The molecule has 0 bridgehead atoms. The van der Waals surface area contributed by atoms with Gasteiger partial charge in [0.05, 0.1) is 11.2 Å². The van der Waals surface area contributed by atoms with Gasteiger partial charge < -0.3 is 9.67 Å². The number of carboxylic acid groups (broad SMARTS) is 1. The van der Waals surface area contributed by atoms with E-state index in [9.17, 15) is 9.90 Å². The Morgan fingerprint density at radius 1 is 1.23 bits per heavy atom. The minimum Gasteiger partial charge on any atom is -0.477 e. The molecule has 0 aliphatic carbocycles. The molecule has 114 valence electrons. The topological polar surface area (TPSA) is 55.1 Å². The van der Waals surface area contributed by atoms with Crippen LogP contribution in [0, 0.1) is 0 Å². The highest BCUT2D eigenvalue weighted by atomic mass is 16.4. The molecule has 0 amide bonds. The summed E-state index contributed by atoms with van der Waals surface area (Å²) in [5.74, 6) is -0.970. The number of para-hydroxylation sites is 1. The van der Waals surface area contributed by atoms with E-state index in [1.165, 1.54) is 0 Å². The number of carbonyl (C=O) groups is 1. The molecule has 0 unspecified atom stereocenters. The Hall–Kier alpha value is -2.36. The molecule has 22 heavy (non-hydrogen) atoms. The summed E-state index contributed by atoms with van der Waals surface area (Å²) < 4.78 is 2.30. The number of aromatic nitrogens is 2. The Morgan fingerprint density at radius 2 is 2.00 bits per heavy atom. The highest BCUT2D eigenvalue weighted by Gasteiger charge is 2.17. The van der Waals surface area contributed by atoms with Crippen LogP contribution in [0.3, 0.4) is 0 Å². The van der Waals surface area contributed by atoms with Gasteiger partial charge in [-0.3, -0.25) is 0 Å². The number of benzene rings is 1. The van der Waals surface area contributed by atoms with Gasteiger partial charge in [0.15, 0.2) is 0 Å². The lowest BCUT2D eigenvalue weighted by molar-refractivity contribution is 0.0690. The number of aromatic carboxylic acids is 1. The van der Waals surface area contributed by atoms with Crippen LogP contribution in [0.4, 0.5) is 0 Å². The molecule has 0 saturated heterocycles. The number of rotatable bonds is 5. The maximum absolute atomic E-state index is 11.4. The summed E-state index contributed by atoms with van der Waals surface area (Å²) in [7, 11) is 0. The number of hydrogen-bond acceptors (Lipinski definition) is 2. The largest absolute Gasteiger partial charge is 0.477 e. The van der Waals surface area contributed by atoms with Crippen molar-refractivity contribution in [2.45, 2.75) is 39.7 Å². The smallest absolute Gasteiger partial charge is 0.354 e. The van der Waals surface area contributed by atoms with Crippen LogP contribution in [0.15, 0.2) is 30.3 Å². The molecule has 1 N–H and O–H groups in total. The number of aryl methyl sites for hydroxylation is 2. The van der Waals surface area contributed by atoms with E-state index < -0.39 is 5.97 Å². The third kappa shape index (κ3) is 2.25. The van der Waals surface area contributed by atoms with Crippen molar-refractivity contribution < 1.29 is 9.90 Å². The lowest BCUT2D eigenvalue weighted by atomic mass is 10.1. The predicted molar refractivity (Wildman–Crippen MR) is 88.5 cm³/mol. The van der Waals surface area contributed by atoms with Crippen molar-refractivity contribution in [1.29, 1.82) is 0 Å². The van der Waals surface area contributed by atoms with Gasteiger partial charge in [-0.2, -0.15) is 0 Å². The minimum atomic E-state index is -0.970. The van der Waals surface area contributed by atoms with Crippen molar-refractivity contribution in [3.63, 3.8) is 0 Å². The van der Waals surface area contributed by atoms with Gasteiger partial charge in [-0.1, -0.05) is 38.5 Å². The molecular formula is C18H20N2O2. The zero-order valence-corrected chi connectivity index (χ0v) is 13.0. The quantitative estimate of drug-likeness (QED) is 0.765. The standard InChI is InChI=1S/C18H20N2O2/c1-3-5-10-20-16-9-7-6-8-12(16)13-11-15(18(21)22)19-14(4-2)17(13)20/h6-9,11H,3-5,10H2,1-2H3,(H,21,22). The van der Waals surface area contributed by atoms with E-state index in [-0.39, 0.29) is 5.69 Å². The van der Waals surface area contributed by atoms with Gasteiger partial charge in [-0.05, 0) is 25.0 Å². The van der Waals surface area contributed by atoms with E-state index in [1.54, 1.807) is 6.07 Å². The lowest BCUT2D eigenvalue weighted by Crippen LogP contribution is -2.06. The molecule has 4 heteroatoms. The number of unbranched alkanes of at least 4 members (excludes halogenated alkanes) is 1. The van der Waals surface area contributed by atoms with Crippen LogP contribution in [0.2, 0.25) is 0 Å². The second-order valence-corrected chi connectivity index (χ2v) is 5.53. The van der Waals surface area contributed by atoms with Gasteiger partial charge in [0.2, 0.25) is 0 Å². The van der Waals surface area contributed by atoms with Crippen molar-refractivity contribution in [3.05, 3.63) is 41.7 Å². The summed E-state index contributed by atoms with van der Waals surface area (Å²) in [4.78, 5) is 15.7. The van der Waals surface area contributed by atoms with Crippen LogP contribution in [0.5, 0.6) is 0 Å². The summed E-state index contributed by atoms with van der Waals surface area (Å²) in [6, 6.07) is 9.90. The number of hydrogen-bond donors (Lipinski definition) is 1. The van der Waals surface area contributed by atoms with Crippen LogP contribution in [0.25, 0.3) is 21.8 Å². The van der Waals surface area contributed by atoms with Gasteiger partial charge in [-0.15, -0.1) is 0 Å². The first-order valence-electron chi connectivity index (χ1n) is 7.81. The van der Waals surface area contributed by atoms with Crippen LogP contribution in [0.1, 0.15) is 42.9 Å². The Morgan fingerprint density at radius 3 is 2.68 bits per heavy atom. The maximum Gasteiger partial charge on any atom is 0.354 e. The van der Waals surface area contributed by atoms with Gasteiger partial charge >= 0.3 is 5.97 Å². The van der Waals surface area contributed by atoms with E-state index >= 15 is 0 Å². The molecule has 2 heterocycles. The SMILES string of the molecule is CCCCn1c2ccccc2c2cc(C(=O)O)nc(CC)c21. The maximum atomic E-state index is 11.4. The molecule has 0 radical (unpaired) electrons. The van der Waals surface area contributed by atoms with E-state index in [4.69, 9.17) is 0 Å². The number of carboxylic acids is 1.